The van der Waals surface area contributed by atoms with Crippen LogP contribution in [0.15, 0.2) is 36.9 Å². The Morgan fingerprint density at radius 3 is 2.73 bits per heavy atom. The van der Waals surface area contributed by atoms with Crippen LogP contribution in [0, 0.1) is 0 Å². The Kier molecular flexibility index (Phi) is 6.41. The van der Waals surface area contributed by atoms with Crippen molar-refractivity contribution in [3.05, 3.63) is 59.3 Å². The first-order chi connectivity index (χ1) is 18.0. The van der Waals surface area contributed by atoms with Crippen LogP contribution in [-0.4, -0.2) is 90.0 Å². The average molecular weight is 503 g/mol. The first-order valence-electron chi connectivity index (χ1n) is 13.7. The molecule has 2 aromatic rings. The van der Waals surface area contributed by atoms with Gasteiger partial charge in [0.05, 0.1) is 11.2 Å². The lowest BCUT2D eigenvalue weighted by Gasteiger charge is -2.45. The molecule has 4 heterocycles. The zero-order valence-corrected chi connectivity index (χ0v) is 22.2. The molecule has 1 aromatic heterocycles. The van der Waals surface area contributed by atoms with Crippen LogP contribution in [-0.2, 0) is 29.7 Å². The fourth-order valence-electron chi connectivity index (χ4n) is 6.81. The van der Waals surface area contributed by atoms with Crippen molar-refractivity contribution in [3.8, 4) is 6.01 Å². The molecule has 8 nitrogen and oxygen atoms in total. The maximum atomic E-state index is 12.2. The molecule has 1 aromatic carbocycles. The van der Waals surface area contributed by atoms with Crippen LogP contribution in [0.1, 0.15) is 41.6 Å². The molecule has 0 saturated carbocycles. The van der Waals surface area contributed by atoms with Gasteiger partial charge in [-0.05, 0) is 63.5 Å². The number of hydrogen-bond donors (Lipinski definition) is 0. The lowest BCUT2D eigenvalue weighted by atomic mass is 9.81. The van der Waals surface area contributed by atoms with E-state index in [0.717, 1.165) is 63.4 Å². The van der Waals surface area contributed by atoms with E-state index in [0.29, 0.717) is 31.7 Å². The summed E-state index contributed by atoms with van der Waals surface area (Å²) in [7, 11) is 4.41. The molecule has 0 radical (unpaired) electrons. The van der Waals surface area contributed by atoms with E-state index in [1.165, 1.54) is 29.2 Å². The summed E-state index contributed by atoms with van der Waals surface area (Å²) in [6.45, 7) is 9.00. The molecular weight excluding hydrogens is 464 g/mol. The number of hydrogen-bond acceptors (Lipinski definition) is 7. The summed E-state index contributed by atoms with van der Waals surface area (Å²) in [6.07, 6.45) is 6.83. The van der Waals surface area contributed by atoms with Gasteiger partial charge in [-0.15, -0.1) is 0 Å². The molecule has 2 atom stereocenters. The molecule has 8 heteroatoms. The summed E-state index contributed by atoms with van der Waals surface area (Å²) in [5.74, 6) is 0.967. The molecule has 196 valence electrons. The first kappa shape index (κ1) is 24.4. The number of carbonyl (C=O) groups is 1. The molecular formula is C29H38N6O2. The van der Waals surface area contributed by atoms with Gasteiger partial charge in [-0.25, -0.2) is 0 Å². The Balaban J connectivity index is 1.33. The second-order valence-corrected chi connectivity index (χ2v) is 11.1. The third kappa shape index (κ3) is 4.30. The van der Waals surface area contributed by atoms with E-state index < -0.39 is 0 Å². The van der Waals surface area contributed by atoms with Gasteiger partial charge in [0, 0.05) is 50.7 Å². The molecule has 1 aliphatic carbocycles. The van der Waals surface area contributed by atoms with Crippen molar-refractivity contribution in [2.75, 3.05) is 58.3 Å². The van der Waals surface area contributed by atoms with E-state index in [2.05, 4.69) is 59.6 Å². The monoisotopic (exact) mass is 502 g/mol. The van der Waals surface area contributed by atoms with Crippen molar-refractivity contribution >= 4 is 11.7 Å². The molecule has 1 spiro atoms. The summed E-state index contributed by atoms with van der Waals surface area (Å²) in [6, 6.07) is 9.79. The van der Waals surface area contributed by atoms with Gasteiger partial charge in [0.1, 0.15) is 12.4 Å². The second kappa shape index (κ2) is 9.72. The third-order valence-corrected chi connectivity index (χ3v) is 9.10. The number of aryl methyl sites for hydroxylation is 1. The smallest absolute Gasteiger partial charge is 0.318 e. The van der Waals surface area contributed by atoms with Gasteiger partial charge in [-0.3, -0.25) is 9.69 Å². The van der Waals surface area contributed by atoms with E-state index in [1.807, 2.05) is 4.90 Å². The van der Waals surface area contributed by atoms with Crippen LogP contribution >= 0.6 is 0 Å². The van der Waals surface area contributed by atoms with Gasteiger partial charge in [0.2, 0.25) is 5.91 Å². The van der Waals surface area contributed by atoms with Crippen LogP contribution in [0.4, 0.5) is 5.82 Å². The first-order valence-corrected chi connectivity index (χ1v) is 13.7. The molecule has 3 aliphatic heterocycles. The number of rotatable bonds is 5. The minimum Gasteiger partial charge on any atom is -0.462 e. The second-order valence-electron chi connectivity index (χ2n) is 11.1. The van der Waals surface area contributed by atoms with E-state index in [1.54, 1.807) is 0 Å². The highest BCUT2D eigenvalue weighted by atomic mass is 16.5. The Hall–Kier alpha value is -2.97. The summed E-state index contributed by atoms with van der Waals surface area (Å²) in [4.78, 5) is 31.3. The van der Waals surface area contributed by atoms with Gasteiger partial charge in [0.15, 0.2) is 0 Å². The molecule has 6 rings (SSSR count). The highest BCUT2D eigenvalue weighted by Gasteiger charge is 2.46. The van der Waals surface area contributed by atoms with E-state index in [-0.39, 0.29) is 11.4 Å². The van der Waals surface area contributed by atoms with E-state index in [9.17, 15) is 4.79 Å². The van der Waals surface area contributed by atoms with Gasteiger partial charge < -0.3 is 19.4 Å². The van der Waals surface area contributed by atoms with Gasteiger partial charge in [-0.2, -0.15) is 9.97 Å². The number of benzene rings is 1. The van der Waals surface area contributed by atoms with Gasteiger partial charge >= 0.3 is 6.01 Å². The largest absolute Gasteiger partial charge is 0.462 e. The molecule has 4 aliphatic rings. The number of nitrogens with zero attached hydrogens (tertiary/aromatic N) is 6. The lowest BCUT2D eigenvalue weighted by molar-refractivity contribution is -0.126. The van der Waals surface area contributed by atoms with Crippen molar-refractivity contribution in [1.29, 1.82) is 0 Å². The fourth-order valence-corrected chi connectivity index (χ4v) is 6.81. The van der Waals surface area contributed by atoms with Crippen molar-refractivity contribution in [2.45, 2.75) is 50.2 Å². The van der Waals surface area contributed by atoms with E-state index in [4.69, 9.17) is 14.7 Å². The molecule has 2 fully saturated rings. The van der Waals surface area contributed by atoms with Crippen LogP contribution < -0.4 is 9.64 Å². The summed E-state index contributed by atoms with van der Waals surface area (Å²) in [5.41, 5.74) is 5.17. The molecule has 0 bridgehead atoms. The van der Waals surface area contributed by atoms with Crippen molar-refractivity contribution < 1.29 is 9.53 Å². The summed E-state index contributed by atoms with van der Waals surface area (Å²) in [5, 5.41) is 0. The highest BCUT2D eigenvalue weighted by Crippen LogP contribution is 2.48. The number of likely N-dealkylation sites (N-methyl/N-ethyl adjacent to an activating group) is 2. The molecule has 2 saturated heterocycles. The number of aromatic nitrogens is 2. The van der Waals surface area contributed by atoms with Crippen LogP contribution in [0.25, 0.3) is 0 Å². The van der Waals surface area contributed by atoms with Gasteiger partial charge in [-0.1, -0.05) is 30.8 Å². The number of ether oxygens (including phenoxy) is 1. The minimum absolute atomic E-state index is 0.00403. The molecule has 1 amide bonds. The Morgan fingerprint density at radius 1 is 1.16 bits per heavy atom. The predicted octanol–water partition coefficient (Wildman–Crippen LogP) is 2.61. The SMILES string of the molecule is C=CC(=O)N1CCN(c2nc(OC[C@@H]3CCCN3C)nc3c2CN(C)C2(CCc4ccccc42)C3)CC1. The quantitative estimate of drug-likeness (QED) is 0.583. The van der Waals surface area contributed by atoms with E-state index >= 15 is 0 Å². The van der Waals surface area contributed by atoms with Crippen molar-refractivity contribution in [3.63, 3.8) is 0 Å². The predicted molar refractivity (Wildman–Crippen MR) is 144 cm³/mol. The normalized spacial score (nSPS) is 25.8. The Labute approximate surface area is 219 Å². The zero-order valence-electron chi connectivity index (χ0n) is 22.2. The zero-order chi connectivity index (χ0) is 25.6. The molecule has 0 N–H and O–H groups in total. The maximum Gasteiger partial charge on any atom is 0.318 e. The fraction of sp³-hybridized carbons (Fsp3) is 0.552. The Bertz CT molecular complexity index is 1190. The highest BCUT2D eigenvalue weighted by molar-refractivity contribution is 5.87. The summed E-state index contributed by atoms with van der Waals surface area (Å²) < 4.78 is 6.30. The minimum atomic E-state index is -0.0345. The number of likely N-dealkylation sites (tertiary alicyclic amines) is 1. The molecule has 37 heavy (non-hydrogen) atoms. The number of fused-ring (bicyclic) bond motifs is 3. The van der Waals surface area contributed by atoms with Crippen molar-refractivity contribution in [2.24, 2.45) is 0 Å². The number of carbonyl (C=O) groups excluding carboxylic acids is 1. The Morgan fingerprint density at radius 2 is 1.97 bits per heavy atom. The number of piperazine rings is 1. The van der Waals surface area contributed by atoms with Gasteiger partial charge in [0.25, 0.3) is 0 Å². The topological polar surface area (TPSA) is 65.0 Å². The number of anilines is 1. The standard InChI is InChI=1S/C29H38N6O2/c1-4-26(36)34-14-16-35(17-15-34)27-23-19-33(3)29(12-11-21-8-5-6-10-24(21)29)18-25(23)30-28(31-27)37-20-22-9-7-13-32(22)2/h4-6,8,10,22H,1,7,9,11-20H2,2-3H3/t22-,29?/m0/s1. The maximum absolute atomic E-state index is 12.2. The lowest BCUT2D eigenvalue weighted by Crippen LogP contribution is -2.50. The van der Waals surface area contributed by atoms with Crippen LogP contribution in [0.5, 0.6) is 6.01 Å². The average Bonchev–Trinajstić information content (AvgIpc) is 3.51. The number of amides is 1. The molecule has 1 unspecified atom stereocenters. The van der Waals surface area contributed by atoms with Crippen molar-refractivity contribution in [1.82, 2.24) is 24.7 Å². The third-order valence-electron chi connectivity index (χ3n) is 9.10. The van der Waals surface area contributed by atoms with Crippen LogP contribution in [0.3, 0.4) is 0 Å². The van der Waals surface area contributed by atoms with Crippen LogP contribution in [0.2, 0.25) is 0 Å². The summed E-state index contributed by atoms with van der Waals surface area (Å²) >= 11 is 0.